The Morgan fingerprint density at radius 2 is 2.30 bits per heavy atom. The first-order valence-corrected chi connectivity index (χ1v) is 8.22. The average molecular weight is 385 g/mol. The van der Waals surface area contributed by atoms with Gasteiger partial charge in [-0.3, -0.25) is 0 Å². The number of hydrogen-bond donors (Lipinski definition) is 2. The Hall–Kier alpha value is -0.900. The van der Waals surface area contributed by atoms with Crippen LogP contribution in [0.5, 0.6) is 0 Å². The smallest absolute Gasteiger partial charge is 0.404 e. The summed E-state index contributed by atoms with van der Waals surface area (Å²) in [5.41, 5.74) is 0. The van der Waals surface area contributed by atoms with E-state index in [0.29, 0.717) is 10.9 Å². The molecule has 2 N–H and O–H groups in total. The fraction of sp³-hybridized carbons (Fsp3) is 0.400. The van der Waals surface area contributed by atoms with Crippen LogP contribution >= 0.6 is 27.5 Å². The van der Waals surface area contributed by atoms with E-state index in [-0.39, 0.29) is 23.1 Å². The Labute approximate surface area is 129 Å². The second kappa shape index (κ2) is 5.84. The number of sulfonamides is 1. The number of amides is 1. The summed E-state index contributed by atoms with van der Waals surface area (Å²) < 4.78 is 26.6. The Morgan fingerprint density at radius 3 is 2.95 bits per heavy atom. The number of nitrogens with zero attached hydrogens (tertiary/aromatic N) is 2. The van der Waals surface area contributed by atoms with E-state index in [0.717, 1.165) is 0 Å². The largest absolute Gasteiger partial charge is 0.465 e. The summed E-state index contributed by atoms with van der Waals surface area (Å²) in [5, 5.41) is 10.8. The number of halogens is 2. The maximum absolute atomic E-state index is 12.4. The molecule has 1 aromatic heterocycles. The summed E-state index contributed by atoms with van der Waals surface area (Å²) in [4.78, 5) is 14.3. The predicted molar refractivity (Wildman–Crippen MR) is 75.3 cm³/mol. The summed E-state index contributed by atoms with van der Waals surface area (Å²) in [6, 6.07) is 0.962. The fourth-order valence-electron chi connectivity index (χ4n) is 1.96. The third-order valence-corrected chi connectivity index (χ3v) is 5.60. The highest BCUT2D eigenvalue weighted by atomic mass is 79.9. The van der Waals surface area contributed by atoms with E-state index in [2.05, 4.69) is 26.2 Å². The zero-order valence-electron chi connectivity index (χ0n) is 10.1. The van der Waals surface area contributed by atoms with Crippen LogP contribution in [0.2, 0.25) is 5.15 Å². The fourth-order valence-corrected chi connectivity index (χ4v) is 4.38. The van der Waals surface area contributed by atoms with Gasteiger partial charge in [0.05, 0.1) is 0 Å². The normalized spacial score (nSPS) is 20.0. The minimum atomic E-state index is -3.78. The van der Waals surface area contributed by atoms with Crippen LogP contribution in [0.1, 0.15) is 6.42 Å². The van der Waals surface area contributed by atoms with Gasteiger partial charge in [-0.2, -0.15) is 4.31 Å². The van der Waals surface area contributed by atoms with Crippen LogP contribution in [0.4, 0.5) is 4.79 Å². The maximum Gasteiger partial charge on any atom is 0.404 e. The molecule has 1 aliphatic rings. The molecule has 1 unspecified atom stereocenters. The zero-order chi connectivity index (χ0) is 14.9. The number of carboxylic acid groups (broad SMARTS) is 1. The summed E-state index contributed by atoms with van der Waals surface area (Å²) in [7, 11) is -3.78. The van der Waals surface area contributed by atoms with Gasteiger partial charge in [-0.1, -0.05) is 11.6 Å². The molecular weight excluding hydrogens is 374 g/mol. The molecule has 10 heteroatoms. The van der Waals surface area contributed by atoms with E-state index in [9.17, 15) is 13.2 Å². The lowest BCUT2D eigenvalue weighted by Gasteiger charge is -2.17. The molecule has 20 heavy (non-hydrogen) atoms. The highest BCUT2D eigenvalue weighted by Gasteiger charge is 2.34. The van der Waals surface area contributed by atoms with Crippen molar-refractivity contribution in [3.05, 3.63) is 21.9 Å². The van der Waals surface area contributed by atoms with Crippen molar-refractivity contribution in [2.24, 2.45) is 0 Å². The average Bonchev–Trinajstić information content (AvgIpc) is 2.80. The third-order valence-electron chi connectivity index (χ3n) is 2.87. The lowest BCUT2D eigenvalue weighted by molar-refractivity contribution is 0.190. The Morgan fingerprint density at radius 1 is 1.60 bits per heavy atom. The van der Waals surface area contributed by atoms with Gasteiger partial charge in [0.25, 0.3) is 0 Å². The number of pyridine rings is 1. The van der Waals surface area contributed by atoms with Gasteiger partial charge in [0.15, 0.2) is 0 Å². The molecule has 1 atom stereocenters. The molecule has 7 nitrogen and oxygen atoms in total. The summed E-state index contributed by atoms with van der Waals surface area (Å²) in [6.07, 6.45) is 0.654. The number of nitrogens with one attached hydrogen (secondary N) is 1. The molecule has 1 amide bonds. The van der Waals surface area contributed by atoms with Crippen molar-refractivity contribution in [3.63, 3.8) is 0 Å². The summed E-state index contributed by atoms with van der Waals surface area (Å²) in [5.74, 6) is 0. The lowest BCUT2D eigenvalue weighted by Crippen LogP contribution is -2.37. The van der Waals surface area contributed by atoms with Gasteiger partial charge < -0.3 is 10.4 Å². The minimum Gasteiger partial charge on any atom is -0.465 e. The van der Waals surface area contributed by atoms with E-state index < -0.39 is 22.2 Å². The molecule has 0 bridgehead atoms. The zero-order valence-corrected chi connectivity index (χ0v) is 13.2. The lowest BCUT2D eigenvalue weighted by atomic mass is 10.3. The van der Waals surface area contributed by atoms with E-state index >= 15 is 0 Å². The van der Waals surface area contributed by atoms with Gasteiger partial charge in [0.2, 0.25) is 10.0 Å². The molecule has 2 heterocycles. The Bertz CT molecular complexity index is 639. The van der Waals surface area contributed by atoms with Gasteiger partial charge >= 0.3 is 6.09 Å². The van der Waals surface area contributed by atoms with Crippen LogP contribution in [0.25, 0.3) is 0 Å². The van der Waals surface area contributed by atoms with Gasteiger partial charge in [-0.15, -0.1) is 0 Å². The minimum absolute atomic E-state index is 0.0808. The number of rotatable bonds is 3. The monoisotopic (exact) mass is 383 g/mol. The highest BCUT2D eigenvalue weighted by Crippen LogP contribution is 2.27. The molecule has 110 valence electrons. The third kappa shape index (κ3) is 3.22. The molecule has 1 aliphatic heterocycles. The predicted octanol–water partition coefficient (Wildman–Crippen LogP) is 1.53. The SMILES string of the molecule is O=C(O)NC1CCN(S(=O)(=O)c2cc(Br)cnc2Cl)C1. The molecule has 1 aromatic rings. The Balaban J connectivity index is 2.24. The summed E-state index contributed by atoms with van der Waals surface area (Å²) in [6.45, 7) is 0.313. The first kappa shape index (κ1) is 15.5. The number of hydrogen-bond acceptors (Lipinski definition) is 4. The number of aromatic nitrogens is 1. The van der Waals surface area contributed by atoms with Crippen molar-refractivity contribution in [1.82, 2.24) is 14.6 Å². The molecular formula is C10H11BrClN3O4S. The Kier molecular flexibility index (Phi) is 4.52. The van der Waals surface area contributed by atoms with Gasteiger partial charge in [-0.25, -0.2) is 18.2 Å². The highest BCUT2D eigenvalue weighted by molar-refractivity contribution is 9.10. The standard InChI is InChI=1S/C10H11BrClN3O4S/c11-6-3-8(9(12)13-4-6)20(18,19)15-2-1-7(5-15)14-10(16)17/h3-4,7,14H,1-2,5H2,(H,16,17). The molecule has 0 saturated carbocycles. The first-order chi connectivity index (χ1) is 9.30. The van der Waals surface area contributed by atoms with E-state index in [4.69, 9.17) is 16.7 Å². The van der Waals surface area contributed by atoms with E-state index in [1.54, 1.807) is 0 Å². The van der Waals surface area contributed by atoms with Crippen LogP contribution in [0, 0.1) is 0 Å². The van der Waals surface area contributed by atoms with Crippen LogP contribution < -0.4 is 5.32 Å². The molecule has 0 aromatic carbocycles. The first-order valence-electron chi connectivity index (χ1n) is 5.61. The van der Waals surface area contributed by atoms with Crippen LogP contribution in [0.15, 0.2) is 21.6 Å². The van der Waals surface area contributed by atoms with Crippen molar-refractivity contribution in [1.29, 1.82) is 0 Å². The van der Waals surface area contributed by atoms with Gasteiger partial charge in [0.1, 0.15) is 10.0 Å². The van der Waals surface area contributed by atoms with Crippen LogP contribution in [-0.2, 0) is 10.0 Å². The topological polar surface area (TPSA) is 99.6 Å². The summed E-state index contributed by atoms with van der Waals surface area (Å²) >= 11 is 8.98. The van der Waals surface area contributed by atoms with Gasteiger partial charge in [-0.05, 0) is 28.4 Å². The second-order valence-electron chi connectivity index (χ2n) is 4.24. The molecule has 0 spiro atoms. The van der Waals surface area contributed by atoms with Crippen molar-refractivity contribution in [2.45, 2.75) is 17.4 Å². The maximum atomic E-state index is 12.4. The van der Waals surface area contributed by atoms with Crippen molar-refractivity contribution < 1.29 is 18.3 Å². The quantitative estimate of drug-likeness (QED) is 0.770. The molecule has 1 saturated heterocycles. The number of carbonyl (C=O) groups is 1. The molecule has 1 fully saturated rings. The second-order valence-corrected chi connectivity index (χ2v) is 7.42. The van der Waals surface area contributed by atoms with Crippen molar-refractivity contribution in [3.8, 4) is 0 Å². The van der Waals surface area contributed by atoms with Gasteiger partial charge in [0, 0.05) is 29.8 Å². The van der Waals surface area contributed by atoms with E-state index in [1.807, 2.05) is 0 Å². The molecule has 0 aliphatic carbocycles. The molecule has 2 rings (SSSR count). The van der Waals surface area contributed by atoms with Crippen molar-refractivity contribution in [2.75, 3.05) is 13.1 Å². The van der Waals surface area contributed by atoms with Crippen LogP contribution in [0.3, 0.4) is 0 Å². The van der Waals surface area contributed by atoms with Crippen molar-refractivity contribution >= 4 is 43.6 Å². The van der Waals surface area contributed by atoms with E-state index in [1.165, 1.54) is 16.6 Å². The molecule has 0 radical (unpaired) electrons. The van der Waals surface area contributed by atoms with Crippen LogP contribution in [-0.4, -0.2) is 48.0 Å².